The molecule has 40 heavy (non-hydrogen) atoms. The molecule has 7 nitrogen and oxygen atoms in total. The number of carbonyl (C=O) groups excluding carboxylic acids is 2. The minimum Gasteiger partial charge on any atom is -0.369 e. The van der Waals surface area contributed by atoms with E-state index < -0.39 is 0 Å². The first kappa shape index (κ1) is 26.7. The second kappa shape index (κ2) is 11.9. The maximum Gasteiger partial charge on any atom is 0.251 e. The average Bonchev–Trinajstić information content (AvgIpc) is 3.35. The normalized spacial score (nSPS) is 10.7. The van der Waals surface area contributed by atoms with Gasteiger partial charge in [-0.15, -0.1) is 0 Å². The zero-order chi connectivity index (χ0) is 28.1. The molecule has 0 aliphatic heterocycles. The lowest BCUT2D eigenvalue weighted by atomic mass is 10.0. The van der Waals surface area contributed by atoms with Crippen LogP contribution in [0.25, 0.3) is 16.5 Å². The number of nitrogens with zero attached hydrogens (tertiary/aromatic N) is 3. The van der Waals surface area contributed by atoms with Crippen molar-refractivity contribution < 1.29 is 9.59 Å². The molecular formula is C32H26ClN5O2. The number of nitrogens with one attached hydrogen (secondary N) is 2. The summed E-state index contributed by atoms with van der Waals surface area (Å²) in [5.41, 5.74) is 2.94. The molecule has 0 bridgehead atoms. The van der Waals surface area contributed by atoms with Crippen LogP contribution in [0.2, 0.25) is 5.02 Å². The van der Waals surface area contributed by atoms with Crippen LogP contribution < -0.4 is 10.6 Å². The van der Waals surface area contributed by atoms with Gasteiger partial charge in [-0.05, 0) is 60.5 Å². The highest BCUT2D eigenvalue weighted by Crippen LogP contribution is 2.26. The van der Waals surface area contributed by atoms with Crippen molar-refractivity contribution in [2.45, 2.75) is 13.3 Å². The van der Waals surface area contributed by atoms with Gasteiger partial charge in [-0.2, -0.15) is 10.4 Å². The topological polar surface area (TPSA) is 99.8 Å². The number of anilines is 1. The lowest BCUT2D eigenvalue weighted by Gasteiger charge is -2.11. The number of rotatable bonds is 9. The standard InChI is InChI=1S/C32H26ClN5O2/c1-21-7-9-23(10-8-21)30(39)29-28(20-34)31(38(37-29)27-15-13-26(33)14-16-27)35-17-4-18-36-32(40)25-12-11-22-5-2-3-6-24(22)19-25/h2-3,5-16,19,35H,4,17-18H2,1H3,(H,36,40). The zero-order valence-electron chi connectivity index (χ0n) is 21.8. The van der Waals surface area contributed by atoms with E-state index in [0.29, 0.717) is 47.2 Å². The monoisotopic (exact) mass is 547 g/mol. The fourth-order valence-electron chi connectivity index (χ4n) is 4.39. The van der Waals surface area contributed by atoms with Crippen molar-refractivity contribution in [3.8, 4) is 11.8 Å². The quantitative estimate of drug-likeness (QED) is 0.166. The van der Waals surface area contributed by atoms with Crippen LogP contribution in [0.5, 0.6) is 0 Å². The first-order valence-corrected chi connectivity index (χ1v) is 13.2. The predicted molar refractivity (Wildman–Crippen MR) is 157 cm³/mol. The fourth-order valence-corrected chi connectivity index (χ4v) is 4.51. The first-order valence-electron chi connectivity index (χ1n) is 12.9. The molecule has 5 rings (SSSR count). The van der Waals surface area contributed by atoms with Gasteiger partial charge in [-0.1, -0.05) is 71.8 Å². The number of carbonyl (C=O) groups is 2. The maximum atomic E-state index is 13.3. The van der Waals surface area contributed by atoms with Crippen LogP contribution in [0.3, 0.4) is 0 Å². The number of fused-ring (bicyclic) bond motifs is 1. The summed E-state index contributed by atoms with van der Waals surface area (Å²) >= 11 is 6.08. The summed E-state index contributed by atoms with van der Waals surface area (Å²) in [6.45, 7) is 2.80. The Hall–Kier alpha value is -4.93. The number of benzene rings is 4. The molecule has 0 aliphatic rings. The van der Waals surface area contributed by atoms with Gasteiger partial charge in [0.05, 0.1) is 5.69 Å². The second-order valence-electron chi connectivity index (χ2n) is 9.37. The molecule has 1 heterocycles. The van der Waals surface area contributed by atoms with Crippen molar-refractivity contribution >= 4 is 39.9 Å². The Morgan fingerprint density at radius 3 is 2.33 bits per heavy atom. The Morgan fingerprint density at radius 2 is 1.60 bits per heavy atom. The van der Waals surface area contributed by atoms with E-state index in [9.17, 15) is 14.9 Å². The Bertz CT molecular complexity index is 1730. The average molecular weight is 548 g/mol. The van der Waals surface area contributed by atoms with Gasteiger partial charge in [0.2, 0.25) is 5.78 Å². The lowest BCUT2D eigenvalue weighted by molar-refractivity contribution is 0.0953. The Kier molecular flexibility index (Phi) is 7.90. The molecule has 198 valence electrons. The molecule has 0 atom stereocenters. The van der Waals surface area contributed by atoms with Crippen molar-refractivity contribution in [1.29, 1.82) is 5.26 Å². The van der Waals surface area contributed by atoms with Gasteiger partial charge in [0.15, 0.2) is 5.69 Å². The lowest BCUT2D eigenvalue weighted by Crippen LogP contribution is -2.26. The highest BCUT2D eigenvalue weighted by Gasteiger charge is 2.25. The molecule has 4 aromatic carbocycles. The Labute approximate surface area is 237 Å². The number of aromatic nitrogens is 2. The van der Waals surface area contributed by atoms with Crippen LogP contribution >= 0.6 is 11.6 Å². The summed E-state index contributed by atoms with van der Waals surface area (Å²) in [5, 5.41) is 23.4. The van der Waals surface area contributed by atoms with E-state index >= 15 is 0 Å². The van der Waals surface area contributed by atoms with Crippen molar-refractivity contribution in [3.05, 3.63) is 124 Å². The SMILES string of the molecule is Cc1ccc(C(=O)c2nn(-c3ccc(Cl)cc3)c(NCCCNC(=O)c3ccc4ccccc4c3)c2C#N)cc1. The van der Waals surface area contributed by atoms with Gasteiger partial charge in [0.1, 0.15) is 17.5 Å². The number of hydrogen-bond donors (Lipinski definition) is 2. The smallest absolute Gasteiger partial charge is 0.251 e. The van der Waals surface area contributed by atoms with E-state index in [-0.39, 0.29) is 22.9 Å². The summed E-state index contributed by atoms with van der Waals surface area (Å²) in [5.74, 6) is -0.0863. The predicted octanol–water partition coefficient (Wildman–Crippen LogP) is 6.32. The number of hydrogen-bond acceptors (Lipinski definition) is 5. The van der Waals surface area contributed by atoms with Crippen LogP contribution in [0.1, 0.15) is 44.0 Å². The van der Waals surface area contributed by atoms with E-state index in [1.165, 1.54) is 0 Å². The third kappa shape index (κ3) is 5.73. The van der Waals surface area contributed by atoms with Crippen LogP contribution in [-0.2, 0) is 0 Å². The van der Waals surface area contributed by atoms with E-state index in [1.807, 2.05) is 61.5 Å². The van der Waals surface area contributed by atoms with Crippen LogP contribution in [-0.4, -0.2) is 34.6 Å². The molecule has 1 aromatic heterocycles. The molecule has 8 heteroatoms. The van der Waals surface area contributed by atoms with Gasteiger partial charge >= 0.3 is 0 Å². The summed E-state index contributed by atoms with van der Waals surface area (Å²) in [4.78, 5) is 26.0. The molecule has 2 N–H and O–H groups in total. The van der Waals surface area contributed by atoms with Crippen LogP contribution in [0, 0.1) is 18.3 Å². The van der Waals surface area contributed by atoms with Crippen LogP contribution in [0.15, 0.2) is 91.0 Å². The molecule has 0 radical (unpaired) electrons. The molecule has 5 aromatic rings. The van der Waals surface area contributed by atoms with Crippen molar-refractivity contribution in [2.75, 3.05) is 18.4 Å². The fraction of sp³-hybridized carbons (Fsp3) is 0.125. The summed E-state index contributed by atoms with van der Waals surface area (Å²) in [6, 6.07) is 29.8. The zero-order valence-corrected chi connectivity index (χ0v) is 22.6. The van der Waals surface area contributed by atoms with Gasteiger partial charge in [-0.3, -0.25) is 9.59 Å². The number of nitriles is 1. The summed E-state index contributed by atoms with van der Waals surface area (Å²) in [6.07, 6.45) is 0.581. The van der Waals surface area contributed by atoms with E-state index in [1.54, 1.807) is 41.1 Å². The van der Waals surface area contributed by atoms with Crippen molar-refractivity contribution in [2.24, 2.45) is 0 Å². The highest BCUT2D eigenvalue weighted by molar-refractivity contribution is 6.30. The largest absolute Gasteiger partial charge is 0.369 e. The molecule has 0 fully saturated rings. The number of halogens is 1. The number of ketones is 1. The number of aryl methyl sites for hydroxylation is 1. The van der Waals surface area contributed by atoms with E-state index in [2.05, 4.69) is 21.8 Å². The van der Waals surface area contributed by atoms with Crippen molar-refractivity contribution in [1.82, 2.24) is 15.1 Å². The summed E-state index contributed by atoms with van der Waals surface area (Å²) < 4.78 is 1.55. The van der Waals surface area contributed by atoms with Gasteiger partial charge in [-0.25, -0.2) is 4.68 Å². The second-order valence-corrected chi connectivity index (χ2v) is 9.80. The number of amides is 1. The molecule has 1 amide bonds. The minimum atomic E-state index is -0.338. The third-order valence-corrected chi connectivity index (χ3v) is 6.79. The van der Waals surface area contributed by atoms with Crippen LogP contribution in [0.4, 0.5) is 5.82 Å². The maximum absolute atomic E-state index is 13.3. The van der Waals surface area contributed by atoms with Gasteiger partial charge in [0, 0.05) is 29.2 Å². The highest BCUT2D eigenvalue weighted by atomic mass is 35.5. The van der Waals surface area contributed by atoms with E-state index in [4.69, 9.17) is 11.6 Å². The van der Waals surface area contributed by atoms with Gasteiger partial charge < -0.3 is 10.6 Å². The molecular weight excluding hydrogens is 522 g/mol. The van der Waals surface area contributed by atoms with Gasteiger partial charge in [0.25, 0.3) is 5.91 Å². The third-order valence-electron chi connectivity index (χ3n) is 6.54. The minimum absolute atomic E-state index is 0.0633. The molecule has 0 saturated heterocycles. The molecule has 0 saturated carbocycles. The molecule has 0 aliphatic carbocycles. The molecule has 0 unspecified atom stereocenters. The van der Waals surface area contributed by atoms with Crippen molar-refractivity contribution in [3.63, 3.8) is 0 Å². The van der Waals surface area contributed by atoms with E-state index in [0.717, 1.165) is 16.3 Å². The Balaban J connectivity index is 1.32. The Morgan fingerprint density at radius 1 is 0.900 bits per heavy atom. The first-order chi connectivity index (χ1) is 19.4. The summed E-state index contributed by atoms with van der Waals surface area (Å²) in [7, 11) is 0. The molecule has 0 spiro atoms.